The van der Waals surface area contributed by atoms with Crippen molar-refractivity contribution in [3.8, 4) is 0 Å². The quantitative estimate of drug-likeness (QED) is 0.426. The maximum Gasteiger partial charge on any atom is 0.328 e. The number of ether oxygens (including phenoxy) is 1. The molecule has 17 heavy (non-hydrogen) atoms. The van der Waals surface area contributed by atoms with Crippen LogP contribution in [0.4, 0.5) is 0 Å². The summed E-state index contributed by atoms with van der Waals surface area (Å²) in [6.07, 6.45) is 3.32. The van der Waals surface area contributed by atoms with E-state index >= 15 is 0 Å². The third kappa shape index (κ3) is 5.58. The van der Waals surface area contributed by atoms with Gasteiger partial charge in [0.1, 0.15) is 11.1 Å². The summed E-state index contributed by atoms with van der Waals surface area (Å²) in [5.41, 5.74) is 0. The molecule has 0 heterocycles. The van der Waals surface area contributed by atoms with Gasteiger partial charge in [-0.2, -0.15) is 0 Å². The Balaban J connectivity index is 4.84. The second-order valence-corrected chi connectivity index (χ2v) is 4.36. The highest BCUT2D eigenvalue weighted by Crippen LogP contribution is 2.15. The van der Waals surface area contributed by atoms with E-state index in [1.807, 2.05) is 13.8 Å². The Bertz CT molecular complexity index is 307. The number of hydrogen-bond donors (Lipinski definition) is 1. The molecule has 0 aromatic rings. The van der Waals surface area contributed by atoms with Gasteiger partial charge >= 0.3 is 5.97 Å². The van der Waals surface area contributed by atoms with E-state index in [2.05, 4.69) is 10.1 Å². The molecule has 7 heteroatoms. The molecule has 0 rings (SSSR count). The maximum atomic E-state index is 11.6. The first-order valence-electron chi connectivity index (χ1n) is 5.19. The van der Waals surface area contributed by atoms with Crippen molar-refractivity contribution in [1.29, 1.82) is 0 Å². The number of esters is 1. The number of nitrogens with one attached hydrogen (secondary N) is 1. The molecule has 1 N–H and O–H groups in total. The van der Waals surface area contributed by atoms with Gasteiger partial charge in [-0.25, -0.2) is 4.79 Å². The van der Waals surface area contributed by atoms with E-state index in [1.165, 1.54) is 18.9 Å². The number of nitro groups is 1. The average Bonchev–Trinajstić information content (AvgIpc) is 2.31. The van der Waals surface area contributed by atoms with E-state index in [1.54, 1.807) is 6.26 Å². The number of methoxy groups -OCH3 is 1. The van der Waals surface area contributed by atoms with Crippen LogP contribution in [0.2, 0.25) is 0 Å². The van der Waals surface area contributed by atoms with Crippen molar-refractivity contribution in [1.82, 2.24) is 5.32 Å². The first-order chi connectivity index (χ1) is 7.96. The molecule has 0 spiro atoms. The zero-order chi connectivity index (χ0) is 13.4. The number of rotatable bonds is 7. The molecule has 98 valence electrons. The van der Waals surface area contributed by atoms with Crippen molar-refractivity contribution in [2.75, 3.05) is 13.4 Å². The summed E-state index contributed by atoms with van der Waals surface area (Å²) in [6, 6.07) is -0.566. The Morgan fingerprint density at radius 1 is 1.65 bits per heavy atom. The molecule has 0 aliphatic carbocycles. The van der Waals surface area contributed by atoms with E-state index in [0.29, 0.717) is 5.03 Å². The molecule has 0 aromatic carbocycles. The van der Waals surface area contributed by atoms with Crippen LogP contribution < -0.4 is 5.32 Å². The second kappa shape index (κ2) is 7.94. The van der Waals surface area contributed by atoms with Crippen LogP contribution in [0.1, 0.15) is 20.3 Å². The lowest BCUT2D eigenvalue weighted by Gasteiger charge is -2.22. The Morgan fingerprint density at radius 2 is 2.24 bits per heavy atom. The average molecular weight is 262 g/mol. The van der Waals surface area contributed by atoms with Crippen molar-refractivity contribution in [2.24, 2.45) is 5.92 Å². The van der Waals surface area contributed by atoms with Crippen LogP contribution in [0.25, 0.3) is 0 Å². The minimum atomic E-state index is -0.566. The lowest BCUT2D eigenvalue weighted by molar-refractivity contribution is -0.403. The molecule has 0 aliphatic heterocycles. The highest BCUT2D eigenvalue weighted by molar-refractivity contribution is 8.02. The van der Waals surface area contributed by atoms with E-state index < -0.39 is 16.9 Å². The third-order valence-corrected chi connectivity index (χ3v) is 3.07. The predicted octanol–water partition coefficient (Wildman–Crippen LogP) is 1.60. The molecule has 0 bridgehead atoms. The summed E-state index contributed by atoms with van der Waals surface area (Å²) in [5, 5.41) is 13.6. The van der Waals surface area contributed by atoms with E-state index in [-0.39, 0.29) is 5.92 Å². The van der Waals surface area contributed by atoms with Crippen LogP contribution in [0.3, 0.4) is 0 Å². The molecule has 0 amide bonds. The van der Waals surface area contributed by atoms with Gasteiger partial charge < -0.3 is 10.1 Å². The normalized spacial score (nSPS) is 14.9. The molecule has 0 aliphatic rings. The molecule has 2 atom stereocenters. The zero-order valence-electron chi connectivity index (χ0n) is 10.4. The Kier molecular flexibility index (Phi) is 7.36. The number of carbonyl (C=O) groups excluding carboxylic acids is 1. The van der Waals surface area contributed by atoms with Crippen LogP contribution in [0.15, 0.2) is 11.2 Å². The zero-order valence-corrected chi connectivity index (χ0v) is 11.2. The first-order valence-corrected chi connectivity index (χ1v) is 6.42. The van der Waals surface area contributed by atoms with Gasteiger partial charge in [-0.15, -0.1) is 11.8 Å². The minimum Gasteiger partial charge on any atom is -0.467 e. The summed E-state index contributed by atoms with van der Waals surface area (Å²) in [6.45, 7) is 3.83. The first kappa shape index (κ1) is 15.8. The monoisotopic (exact) mass is 262 g/mol. The number of carbonyl (C=O) groups is 1. The molecular formula is C10H18N2O4S. The molecule has 0 unspecified atom stereocenters. The Morgan fingerprint density at radius 3 is 2.59 bits per heavy atom. The highest BCUT2D eigenvalue weighted by atomic mass is 32.2. The van der Waals surface area contributed by atoms with Gasteiger partial charge in [-0.05, 0) is 12.2 Å². The van der Waals surface area contributed by atoms with Crippen molar-refractivity contribution >= 4 is 17.7 Å². The van der Waals surface area contributed by atoms with Gasteiger partial charge in [0.15, 0.2) is 0 Å². The largest absolute Gasteiger partial charge is 0.467 e. The van der Waals surface area contributed by atoms with E-state index in [0.717, 1.165) is 12.6 Å². The van der Waals surface area contributed by atoms with Gasteiger partial charge in [0.2, 0.25) is 0 Å². The standard InChI is InChI=1S/C10H18N2O4S/c1-5-7(2)9(10(13)16-3)11-8(17-4)6-12(14)15/h6-7,9,11H,5H2,1-4H3/t7-,9-/m0/s1. The maximum absolute atomic E-state index is 11.6. The molecule has 0 fully saturated rings. The summed E-state index contributed by atoms with van der Waals surface area (Å²) in [5.74, 6) is -0.382. The fourth-order valence-corrected chi connectivity index (χ4v) is 1.63. The van der Waals surface area contributed by atoms with Crippen molar-refractivity contribution in [2.45, 2.75) is 26.3 Å². The molecule has 0 saturated heterocycles. The lowest BCUT2D eigenvalue weighted by Crippen LogP contribution is -2.41. The smallest absolute Gasteiger partial charge is 0.328 e. The van der Waals surface area contributed by atoms with Gasteiger partial charge in [0, 0.05) is 0 Å². The summed E-state index contributed by atoms with van der Waals surface area (Å²) < 4.78 is 4.68. The van der Waals surface area contributed by atoms with Crippen molar-refractivity contribution in [3.63, 3.8) is 0 Å². The Labute approximate surface area is 105 Å². The molecule has 0 saturated carbocycles. The van der Waals surface area contributed by atoms with Crippen LogP contribution in [-0.2, 0) is 9.53 Å². The summed E-state index contributed by atoms with van der Waals surface area (Å²) in [7, 11) is 1.30. The van der Waals surface area contributed by atoms with Gasteiger partial charge in [-0.1, -0.05) is 20.3 Å². The van der Waals surface area contributed by atoms with Gasteiger partial charge in [0.05, 0.1) is 12.0 Å². The predicted molar refractivity (Wildman–Crippen MR) is 67.0 cm³/mol. The van der Waals surface area contributed by atoms with Crippen molar-refractivity contribution in [3.05, 3.63) is 21.3 Å². The number of hydrogen-bond acceptors (Lipinski definition) is 6. The fraction of sp³-hybridized carbons (Fsp3) is 0.700. The SMILES string of the molecule is CC[C@H](C)[C@H](NC(=C[N+](=O)[O-])SC)C(=O)OC. The van der Waals surface area contributed by atoms with Crippen molar-refractivity contribution < 1.29 is 14.5 Å². The molecule has 6 nitrogen and oxygen atoms in total. The van der Waals surface area contributed by atoms with Gasteiger partial charge in [0.25, 0.3) is 6.20 Å². The minimum absolute atomic E-state index is 0.0322. The molecule has 0 radical (unpaired) electrons. The molecule has 0 aromatic heterocycles. The van der Waals surface area contributed by atoms with E-state index in [9.17, 15) is 14.9 Å². The van der Waals surface area contributed by atoms with Gasteiger partial charge in [-0.3, -0.25) is 10.1 Å². The highest BCUT2D eigenvalue weighted by Gasteiger charge is 2.25. The molecular weight excluding hydrogens is 244 g/mol. The number of thioether (sulfide) groups is 1. The summed E-state index contributed by atoms with van der Waals surface area (Å²) >= 11 is 1.18. The van der Waals surface area contributed by atoms with Crippen LogP contribution >= 0.6 is 11.8 Å². The fourth-order valence-electron chi connectivity index (χ4n) is 1.19. The third-order valence-electron chi connectivity index (χ3n) is 2.41. The van der Waals surface area contributed by atoms with Crippen LogP contribution in [-0.4, -0.2) is 30.3 Å². The Hall–Kier alpha value is -1.24. The van der Waals surface area contributed by atoms with Crippen LogP contribution in [0.5, 0.6) is 0 Å². The van der Waals surface area contributed by atoms with E-state index in [4.69, 9.17) is 0 Å². The second-order valence-electron chi connectivity index (χ2n) is 3.51. The summed E-state index contributed by atoms with van der Waals surface area (Å²) in [4.78, 5) is 21.4. The number of nitrogens with zero attached hydrogens (tertiary/aromatic N) is 1. The van der Waals surface area contributed by atoms with Crippen LogP contribution in [0, 0.1) is 16.0 Å². The lowest BCUT2D eigenvalue weighted by atomic mass is 9.99. The topological polar surface area (TPSA) is 81.5 Å².